The van der Waals surface area contributed by atoms with Crippen LogP contribution in [0.15, 0.2) is 11.6 Å². The highest BCUT2D eigenvalue weighted by atomic mass is 16.2. The zero-order valence-corrected chi connectivity index (χ0v) is 8.13. The Morgan fingerprint density at radius 3 is 2.67 bits per heavy atom. The maximum atomic E-state index is 11.5. The van der Waals surface area contributed by atoms with Gasteiger partial charge in [-0.15, -0.1) is 0 Å². The molecule has 0 aromatic carbocycles. The highest BCUT2D eigenvalue weighted by Crippen LogP contribution is 2.11. The minimum Gasteiger partial charge on any atom is -0.338 e. The van der Waals surface area contributed by atoms with Gasteiger partial charge in [0.15, 0.2) is 0 Å². The lowest BCUT2D eigenvalue weighted by Crippen LogP contribution is -2.37. The third-order valence-corrected chi connectivity index (χ3v) is 2.24. The summed E-state index contributed by atoms with van der Waals surface area (Å²) >= 11 is 0. The van der Waals surface area contributed by atoms with E-state index < -0.39 is 0 Å². The normalized spacial score (nSPS) is 18.0. The number of nitrogens with zero attached hydrogens (tertiary/aromatic N) is 1. The molecule has 0 bridgehead atoms. The van der Waals surface area contributed by atoms with Crippen molar-refractivity contribution in [3.8, 4) is 0 Å². The van der Waals surface area contributed by atoms with Crippen LogP contribution in [0.5, 0.6) is 0 Å². The van der Waals surface area contributed by atoms with Gasteiger partial charge in [0.05, 0.1) is 0 Å². The Bertz CT molecular complexity index is 206. The fourth-order valence-corrected chi connectivity index (χ4v) is 1.34. The quantitative estimate of drug-likeness (QED) is 0.545. The summed E-state index contributed by atoms with van der Waals surface area (Å²) in [6, 6.07) is 0. The second-order valence-corrected chi connectivity index (χ2v) is 3.74. The van der Waals surface area contributed by atoms with Gasteiger partial charge in [0.25, 0.3) is 0 Å². The molecule has 0 aromatic heterocycles. The second kappa shape index (κ2) is 3.74. The molecule has 1 heterocycles. The van der Waals surface area contributed by atoms with Crippen LogP contribution in [0.4, 0.5) is 0 Å². The summed E-state index contributed by atoms with van der Waals surface area (Å²) in [6.07, 6.45) is 3.18. The molecule has 0 unspecified atom stereocenters. The van der Waals surface area contributed by atoms with Crippen LogP contribution in [0.3, 0.4) is 0 Å². The van der Waals surface area contributed by atoms with Gasteiger partial charge >= 0.3 is 0 Å². The molecule has 0 atom stereocenters. The Kier molecular flexibility index (Phi) is 2.90. The van der Waals surface area contributed by atoms with Crippen molar-refractivity contribution in [1.82, 2.24) is 4.90 Å². The van der Waals surface area contributed by atoms with Crippen LogP contribution < -0.4 is 0 Å². The molecule has 0 fully saturated rings. The number of amides is 1. The van der Waals surface area contributed by atoms with Gasteiger partial charge in [0.1, 0.15) is 0 Å². The highest BCUT2D eigenvalue weighted by Gasteiger charge is 2.17. The van der Waals surface area contributed by atoms with Gasteiger partial charge in [-0.1, -0.05) is 25.5 Å². The third kappa shape index (κ3) is 2.10. The minimum atomic E-state index is 0.136. The van der Waals surface area contributed by atoms with E-state index in [1.807, 2.05) is 18.7 Å². The number of carbonyl (C=O) groups excluding carboxylic acids is 1. The SMILES string of the molecule is CC1=CCN(C(=O)C(C)C)CC1. The van der Waals surface area contributed by atoms with Crippen LogP contribution in [-0.2, 0) is 4.79 Å². The topological polar surface area (TPSA) is 20.3 Å². The van der Waals surface area contributed by atoms with E-state index in [-0.39, 0.29) is 11.8 Å². The molecule has 0 saturated carbocycles. The largest absolute Gasteiger partial charge is 0.338 e. The van der Waals surface area contributed by atoms with Gasteiger partial charge in [0.2, 0.25) is 5.91 Å². The summed E-state index contributed by atoms with van der Waals surface area (Å²) in [5.41, 5.74) is 1.41. The lowest BCUT2D eigenvalue weighted by molar-refractivity contribution is -0.134. The van der Waals surface area contributed by atoms with E-state index in [0.29, 0.717) is 0 Å². The van der Waals surface area contributed by atoms with Crippen molar-refractivity contribution >= 4 is 5.91 Å². The van der Waals surface area contributed by atoms with Crippen LogP contribution in [0.2, 0.25) is 0 Å². The Hall–Kier alpha value is -0.790. The van der Waals surface area contributed by atoms with Crippen molar-refractivity contribution < 1.29 is 4.79 Å². The molecular formula is C10H17NO. The lowest BCUT2D eigenvalue weighted by Gasteiger charge is -2.26. The van der Waals surface area contributed by atoms with E-state index in [1.54, 1.807) is 0 Å². The first-order valence-electron chi connectivity index (χ1n) is 4.55. The fraction of sp³-hybridized carbons (Fsp3) is 0.700. The van der Waals surface area contributed by atoms with Gasteiger partial charge in [-0.3, -0.25) is 4.79 Å². The van der Waals surface area contributed by atoms with Crippen molar-refractivity contribution in [2.75, 3.05) is 13.1 Å². The molecule has 12 heavy (non-hydrogen) atoms. The molecule has 1 amide bonds. The fourth-order valence-electron chi connectivity index (χ4n) is 1.34. The molecule has 0 aliphatic carbocycles. The Balaban J connectivity index is 2.51. The molecule has 1 aliphatic rings. The molecule has 2 heteroatoms. The zero-order valence-electron chi connectivity index (χ0n) is 8.13. The minimum absolute atomic E-state index is 0.136. The highest BCUT2D eigenvalue weighted by molar-refractivity contribution is 5.78. The van der Waals surface area contributed by atoms with E-state index in [4.69, 9.17) is 0 Å². The molecule has 68 valence electrons. The average molecular weight is 167 g/mol. The van der Waals surface area contributed by atoms with E-state index >= 15 is 0 Å². The molecule has 0 saturated heterocycles. The van der Waals surface area contributed by atoms with Crippen molar-refractivity contribution in [1.29, 1.82) is 0 Å². The number of carbonyl (C=O) groups is 1. The van der Waals surface area contributed by atoms with Gasteiger partial charge < -0.3 is 4.90 Å². The average Bonchev–Trinajstić information content (AvgIpc) is 2.04. The Morgan fingerprint density at radius 1 is 1.58 bits per heavy atom. The van der Waals surface area contributed by atoms with Crippen LogP contribution >= 0.6 is 0 Å². The van der Waals surface area contributed by atoms with E-state index in [1.165, 1.54) is 5.57 Å². The van der Waals surface area contributed by atoms with Crippen molar-refractivity contribution in [2.24, 2.45) is 5.92 Å². The molecular weight excluding hydrogens is 150 g/mol. The number of hydrogen-bond donors (Lipinski definition) is 0. The van der Waals surface area contributed by atoms with E-state index in [9.17, 15) is 4.79 Å². The summed E-state index contributed by atoms with van der Waals surface area (Å²) < 4.78 is 0. The number of hydrogen-bond acceptors (Lipinski definition) is 1. The molecule has 0 aromatic rings. The molecule has 1 rings (SSSR count). The molecule has 1 aliphatic heterocycles. The summed E-state index contributed by atoms with van der Waals surface area (Å²) in [5.74, 6) is 0.413. The standard InChI is InChI=1S/C10H17NO/c1-8(2)10(12)11-6-4-9(3)5-7-11/h4,8H,5-7H2,1-3H3. The predicted molar refractivity (Wildman–Crippen MR) is 49.8 cm³/mol. The monoisotopic (exact) mass is 167 g/mol. The van der Waals surface area contributed by atoms with Gasteiger partial charge in [0, 0.05) is 19.0 Å². The van der Waals surface area contributed by atoms with Crippen molar-refractivity contribution in [2.45, 2.75) is 27.2 Å². The Labute approximate surface area is 74.2 Å². The van der Waals surface area contributed by atoms with Gasteiger partial charge in [-0.05, 0) is 13.3 Å². The first-order valence-corrected chi connectivity index (χ1v) is 4.55. The van der Waals surface area contributed by atoms with Crippen LogP contribution in [-0.4, -0.2) is 23.9 Å². The molecule has 0 spiro atoms. The smallest absolute Gasteiger partial charge is 0.225 e. The van der Waals surface area contributed by atoms with Crippen LogP contribution in [0, 0.1) is 5.92 Å². The maximum Gasteiger partial charge on any atom is 0.225 e. The van der Waals surface area contributed by atoms with E-state index in [2.05, 4.69) is 13.0 Å². The van der Waals surface area contributed by atoms with Crippen LogP contribution in [0.25, 0.3) is 0 Å². The summed E-state index contributed by atoms with van der Waals surface area (Å²) in [4.78, 5) is 13.4. The Morgan fingerprint density at radius 2 is 2.25 bits per heavy atom. The third-order valence-electron chi connectivity index (χ3n) is 2.24. The zero-order chi connectivity index (χ0) is 9.14. The lowest BCUT2D eigenvalue weighted by atomic mass is 10.1. The molecule has 0 N–H and O–H groups in total. The van der Waals surface area contributed by atoms with Gasteiger partial charge in [-0.2, -0.15) is 0 Å². The first-order chi connectivity index (χ1) is 5.61. The van der Waals surface area contributed by atoms with Crippen LogP contribution in [0.1, 0.15) is 27.2 Å². The second-order valence-electron chi connectivity index (χ2n) is 3.74. The molecule has 0 radical (unpaired) electrons. The molecule has 2 nitrogen and oxygen atoms in total. The van der Waals surface area contributed by atoms with E-state index in [0.717, 1.165) is 19.5 Å². The summed E-state index contributed by atoms with van der Waals surface area (Å²) in [5, 5.41) is 0. The summed E-state index contributed by atoms with van der Waals surface area (Å²) in [7, 11) is 0. The maximum absolute atomic E-state index is 11.5. The predicted octanol–water partition coefficient (Wildman–Crippen LogP) is 1.82. The first kappa shape index (κ1) is 9.30. The number of rotatable bonds is 1. The van der Waals surface area contributed by atoms with Gasteiger partial charge in [-0.25, -0.2) is 0 Å². The van der Waals surface area contributed by atoms with Crippen molar-refractivity contribution in [3.63, 3.8) is 0 Å². The van der Waals surface area contributed by atoms with Crippen molar-refractivity contribution in [3.05, 3.63) is 11.6 Å². The summed E-state index contributed by atoms with van der Waals surface area (Å²) in [6.45, 7) is 7.74.